The van der Waals surface area contributed by atoms with Crippen LogP contribution in [0.5, 0.6) is 0 Å². The van der Waals surface area contributed by atoms with E-state index in [0.717, 1.165) is 5.56 Å². The van der Waals surface area contributed by atoms with Crippen LogP contribution in [0.1, 0.15) is 22.3 Å². The van der Waals surface area contributed by atoms with E-state index in [2.05, 4.69) is 5.32 Å². The Hall–Kier alpha value is -3.57. The topological polar surface area (TPSA) is 130 Å². The maximum absolute atomic E-state index is 12.5. The van der Waals surface area contributed by atoms with Gasteiger partial charge in [-0.25, -0.2) is 8.42 Å². The number of benzene rings is 2. The van der Waals surface area contributed by atoms with E-state index in [1.165, 1.54) is 34.0 Å². The summed E-state index contributed by atoms with van der Waals surface area (Å²) in [7, 11) is -3.58. The predicted molar refractivity (Wildman–Crippen MR) is 123 cm³/mol. The van der Waals surface area contributed by atoms with Crippen LogP contribution in [0.3, 0.4) is 0 Å². The average molecular weight is 473 g/mol. The lowest BCUT2D eigenvalue weighted by Gasteiger charge is -2.33. The summed E-state index contributed by atoms with van der Waals surface area (Å²) >= 11 is 0. The second-order valence-electron chi connectivity index (χ2n) is 7.35. The van der Waals surface area contributed by atoms with E-state index in [1.807, 2.05) is 30.3 Å². The lowest BCUT2D eigenvalue weighted by molar-refractivity contribution is -0.384. The number of hydrogen-bond acceptors (Lipinski definition) is 6. The summed E-state index contributed by atoms with van der Waals surface area (Å²) in [5.74, 6) is -0.616. The van der Waals surface area contributed by atoms with Gasteiger partial charge in [0, 0.05) is 62.2 Å². The highest BCUT2D eigenvalue weighted by molar-refractivity contribution is 7.92. The average Bonchev–Trinajstić information content (AvgIpc) is 2.83. The van der Waals surface area contributed by atoms with Crippen molar-refractivity contribution in [2.24, 2.45) is 0 Å². The highest BCUT2D eigenvalue weighted by Gasteiger charge is 2.27. The van der Waals surface area contributed by atoms with Gasteiger partial charge in [0.2, 0.25) is 15.9 Å². The van der Waals surface area contributed by atoms with Crippen LogP contribution in [0.15, 0.2) is 60.0 Å². The number of non-ortho nitro benzene ring substituents is 1. The molecule has 174 valence electrons. The van der Waals surface area contributed by atoms with Gasteiger partial charge in [0.1, 0.15) is 0 Å². The van der Waals surface area contributed by atoms with Crippen molar-refractivity contribution in [1.29, 1.82) is 0 Å². The lowest BCUT2D eigenvalue weighted by atomic mass is 10.2. The highest BCUT2D eigenvalue weighted by atomic mass is 32.2. The fourth-order valence-electron chi connectivity index (χ4n) is 3.28. The number of carbonyl (C=O) groups is 2. The largest absolute Gasteiger partial charge is 0.352 e. The Balaban J connectivity index is 1.43. The van der Waals surface area contributed by atoms with Crippen molar-refractivity contribution in [2.75, 3.05) is 32.7 Å². The first-order chi connectivity index (χ1) is 15.8. The first kappa shape index (κ1) is 24.1. The maximum atomic E-state index is 12.5. The maximum Gasteiger partial charge on any atom is 0.269 e. The summed E-state index contributed by atoms with van der Waals surface area (Å²) in [6, 6.07) is 14.3. The third kappa shape index (κ3) is 6.70. The Kier molecular flexibility index (Phi) is 7.91. The van der Waals surface area contributed by atoms with Gasteiger partial charge >= 0.3 is 0 Å². The van der Waals surface area contributed by atoms with Crippen molar-refractivity contribution in [3.63, 3.8) is 0 Å². The van der Waals surface area contributed by atoms with Crippen LogP contribution < -0.4 is 5.32 Å². The van der Waals surface area contributed by atoms with Gasteiger partial charge in [-0.2, -0.15) is 4.31 Å². The van der Waals surface area contributed by atoms with E-state index in [0.29, 0.717) is 0 Å². The molecule has 2 aromatic carbocycles. The molecule has 10 nitrogen and oxygen atoms in total. The summed E-state index contributed by atoms with van der Waals surface area (Å²) < 4.78 is 26.4. The molecule has 33 heavy (non-hydrogen) atoms. The van der Waals surface area contributed by atoms with Crippen molar-refractivity contribution in [2.45, 2.75) is 6.42 Å². The van der Waals surface area contributed by atoms with Crippen molar-refractivity contribution in [1.82, 2.24) is 14.5 Å². The molecule has 2 amide bonds. The highest BCUT2D eigenvalue weighted by Crippen LogP contribution is 2.13. The normalized spacial score (nSPS) is 14.8. The molecule has 1 aliphatic heterocycles. The molecule has 0 aliphatic carbocycles. The number of nitro groups is 1. The standard InChI is InChI=1S/C22H24N4O6S/c27-21(10-12-23-22(28)19-6-8-20(9-7-19)26(29)30)24-13-15-25(16-14-24)33(31,32)17-11-18-4-2-1-3-5-18/h1-9,11,17H,10,12-16H2,(H,23,28). The molecule has 11 heteroatoms. The third-order valence-electron chi connectivity index (χ3n) is 5.15. The van der Waals surface area contributed by atoms with Gasteiger partial charge in [-0.05, 0) is 23.8 Å². The van der Waals surface area contributed by atoms with E-state index >= 15 is 0 Å². The summed E-state index contributed by atoms with van der Waals surface area (Å²) in [5.41, 5.74) is 0.930. The van der Waals surface area contributed by atoms with E-state index in [9.17, 15) is 28.1 Å². The van der Waals surface area contributed by atoms with E-state index in [1.54, 1.807) is 11.0 Å². The molecule has 0 radical (unpaired) electrons. The molecule has 1 N–H and O–H groups in total. The summed E-state index contributed by atoms with van der Waals surface area (Å²) in [4.78, 5) is 36.2. The van der Waals surface area contributed by atoms with Crippen LogP contribution in [-0.4, -0.2) is 67.1 Å². The quantitative estimate of drug-likeness (QED) is 0.461. The van der Waals surface area contributed by atoms with Crippen LogP contribution in [0.4, 0.5) is 5.69 Å². The minimum Gasteiger partial charge on any atom is -0.352 e. The Labute approximate surface area is 191 Å². The molecule has 0 spiro atoms. The van der Waals surface area contributed by atoms with Crippen LogP contribution >= 0.6 is 0 Å². The number of nitrogens with one attached hydrogen (secondary N) is 1. The van der Waals surface area contributed by atoms with Gasteiger partial charge < -0.3 is 10.2 Å². The number of carbonyl (C=O) groups excluding carboxylic acids is 2. The molecular formula is C22H24N4O6S. The second kappa shape index (κ2) is 10.8. The third-order valence-corrected chi connectivity index (χ3v) is 6.71. The SMILES string of the molecule is O=C(NCCC(=O)N1CCN(S(=O)(=O)C=Cc2ccccc2)CC1)c1ccc([N+](=O)[O-])cc1. The van der Waals surface area contributed by atoms with Gasteiger partial charge in [-0.15, -0.1) is 0 Å². The van der Waals surface area contributed by atoms with Crippen molar-refractivity contribution in [3.8, 4) is 0 Å². The van der Waals surface area contributed by atoms with Gasteiger partial charge in [-0.3, -0.25) is 19.7 Å². The van der Waals surface area contributed by atoms with E-state index in [-0.39, 0.29) is 56.3 Å². The Morgan fingerprint density at radius 1 is 1.00 bits per heavy atom. The monoisotopic (exact) mass is 472 g/mol. The molecule has 1 saturated heterocycles. The first-order valence-corrected chi connectivity index (χ1v) is 11.8. The second-order valence-corrected chi connectivity index (χ2v) is 9.17. The minimum atomic E-state index is -3.58. The molecule has 0 unspecified atom stereocenters. The zero-order chi connectivity index (χ0) is 23.8. The Morgan fingerprint density at radius 3 is 2.24 bits per heavy atom. The van der Waals surface area contributed by atoms with Crippen molar-refractivity contribution < 1.29 is 22.9 Å². The fourth-order valence-corrected chi connectivity index (χ4v) is 4.46. The smallest absolute Gasteiger partial charge is 0.269 e. The number of rotatable bonds is 8. The van der Waals surface area contributed by atoms with Gasteiger partial charge in [0.25, 0.3) is 11.6 Å². The van der Waals surface area contributed by atoms with Gasteiger partial charge in [0.15, 0.2) is 0 Å². The zero-order valence-electron chi connectivity index (χ0n) is 17.8. The fraction of sp³-hybridized carbons (Fsp3) is 0.273. The van der Waals surface area contributed by atoms with Crippen LogP contribution in [0, 0.1) is 10.1 Å². The molecular weight excluding hydrogens is 448 g/mol. The number of hydrogen-bond donors (Lipinski definition) is 1. The number of nitro benzene ring substituents is 1. The molecule has 1 aliphatic rings. The van der Waals surface area contributed by atoms with Crippen LogP contribution in [0.2, 0.25) is 0 Å². The lowest BCUT2D eigenvalue weighted by Crippen LogP contribution is -2.50. The molecule has 0 saturated carbocycles. The number of sulfonamides is 1. The molecule has 1 heterocycles. The number of piperazine rings is 1. The van der Waals surface area contributed by atoms with Crippen molar-refractivity contribution >= 4 is 33.6 Å². The van der Waals surface area contributed by atoms with E-state index < -0.39 is 20.9 Å². The van der Waals surface area contributed by atoms with Crippen LogP contribution in [-0.2, 0) is 14.8 Å². The molecule has 0 bridgehead atoms. The predicted octanol–water partition coefficient (Wildman–Crippen LogP) is 1.86. The summed E-state index contributed by atoms with van der Waals surface area (Å²) in [6.07, 6.45) is 1.61. The zero-order valence-corrected chi connectivity index (χ0v) is 18.6. The molecule has 0 atom stereocenters. The molecule has 2 aromatic rings. The molecule has 1 fully saturated rings. The van der Waals surface area contributed by atoms with Gasteiger partial charge in [0.05, 0.1) is 4.92 Å². The number of amides is 2. The number of nitrogens with zero attached hydrogens (tertiary/aromatic N) is 3. The molecule has 0 aromatic heterocycles. The Bertz CT molecular complexity index is 1130. The minimum absolute atomic E-state index is 0.0688. The Morgan fingerprint density at radius 2 is 1.64 bits per heavy atom. The first-order valence-electron chi connectivity index (χ1n) is 10.3. The van der Waals surface area contributed by atoms with E-state index in [4.69, 9.17) is 0 Å². The molecule has 3 rings (SSSR count). The van der Waals surface area contributed by atoms with Crippen LogP contribution in [0.25, 0.3) is 6.08 Å². The summed E-state index contributed by atoms with van der Waals surface area (Å²) in [6.45, 7) is 1.04. The van der Waals surface area contributed by atoms with Crippen molar-refractivity contribution in [3.05, 3.63) is 81.2 Å². The van der Waals surface area contributed by atoms with Gasteiger partial charge in [-0.1, -0.05) is 30.3 Å². The summed E-state index contributed by atoms with van der Waals surface area (Å²) in [5, 5.41) is 14.5.